The first-order valence-electron chi connectivity index (χ1n) is 10.4. The van der Waals surface area contributed by atoms with E-state index in [2.05, 4.69) is 5.32 Å². The van der Waals surface area contributed by atoms with Crippen LogP contribution in [0.5, 0.6) is 23.0 Å². The fourth-order valence-corrected chi connectivity index (χ4v) is 4.32. The maximum Gasteiger partial charge on any atom is 0.232 e. The van der Waals surface area contributed by atoms with E-state index in [1.165, 1.54) is 4.31 Å². The highest BCUT2D eigenvalue weighted by atomic mass is 32.2. The molecule has 0 saturated carbocycles. The highest BCUT2D eigenvalue weighted by molar-refractivity contribution is 7.92. The van der Waals surface area contributed by atoms with Crippen molar-refractivity contribution in [3.05, 3.63) is 72.8 Å². The summed E-state index contributed by atoms with van der Waals surface area (Å²) in [6.07, 6.45) is 1.65. The first kappa shape index (κ1) is 22.5. The smallest absolute Gasteiger partial charge is 0.232 e. The molecule has 4 rings (SSSR count). The molecule has 0 spiro atoms. The number of fused-ring (bicyclic) bond motifs is 1. The van der Waals surface area contributed by atoms with E-state index < -0.39 is 10.0 Å². The number of hydrogen-bond acceptors (Lipinski definition) is 6. The summed E-state index contributed by atoms with van der Waals surface area (Å²) in [6.45, 7) is 0.271. The van der Waals surface area contributed by atoms with Crippen LogP contribution < -0.4 is 23.8 Å². The maximum absolute atomic E-state index is 12.4. The molecule has 1 N–H and O–H groups in total. The quantitative estimate of drug-likeness (QED) is 0.501. The molecule has 0 radical (unpaired) electrons. The molecule has 33 heavy (non-hydrogen) atoms. The second kappa shape index (κ2) is 9.83. The zero-order valence-electron chi connectivity index (χ0n) is 18.1. The van der Waals surface area contributed by atoms with Crippen LogP contribution in [0.2, 0.25) is 0 Å². The average molecular weight is 469 g/mol. The second-order valence-corrected chi connectivity index (χ2v) is 9.37. The van der Waals surface area contributed by atoms with Gasteiger partial charge in [0.05, 0.1) is 11.9 Å². The normalized spacial score (nSPS) is 12.3. The Morgan fingerprint density at radius 3 is 2.39 bits per heavy atom. The molecule has 0 aliphatic carbocycles. The summed E-state index contributed by atoms with van der Waals surface area (Å²) in [5.41, 5.74) is 1.10. The van der Waals surface area contributed by atoms with Gasteiger partial charge in [-0.2, -0.15) is 0 Å². The minimum atomic E-state index is -3.53. The maximum atomic E-state index is 12.4. The van der Waals surface area contributed by atoms with Crippen molar-refractivity contribution in [1.29, 1.82) is 0 Å². The van der Waals surface area contributed by atoms with Crippen molar-refractivity contribution in [2.24, 2.45) is 0 Å². The molecular formula is C24H24N2O6S. The van der Waals surface area contributed by atoms with E-state index in [1.807, 2.05) is 30.3 Å². The topological polar surface area (TPSA) is 94.2 Å². The molecule has 0 aromatic heterocycles. The van der Waals surface area contributed by atoms with Gasteiger partial charge in [0, 0.05) is 24.7 Å². The van der Waals surface area contributed by atoms with Gasteiger partial charge in [-0.25, -0.2) is 8.42 Å². The molecule has 1 heterocycles. The Labute approximate surface area is 192 Å². The van der Waals surface area contributed by atoms with Gasteiger partial charge in [-0.1, -0.05) is 18.2 Å². The zero-order valence-corrected chi connectivity index (χ0v) is 18.9. The highest BCUT2D eigenvalue weighted by Crippen LogP contribution is 2.36. The molecule has 0 unspecified atom stereocenters. The third kappa shape index (κ3) is 5.95. The zero-order chi connectivity index (χ0) is 23.3. The van der Waals surface area contributed by atoms with Crippen LogP contribution in [-0.4, -0.2) is 33.9 Å². The lowest BCUT2D eigenvalue weighted by molar-refractivity contribution is -0.116. The monoisotopic (exact) mass is 468 g/mol. The number of nitrogens with zero attached hydrogens (tertiary/aromatic N) is 1. The first-order valence-corrected chi connectivity index (χ1v) is 12.2. The van der Waals surface area contributed by atoms with Gasteiger partial charge in [0.1, 0.15) is 11.5 Å². The number of para-hydroxylation sites is 1. The molecule has 172 valence electrons. The summed E-state index contributed by atoms with van der Waals surface area (Å²) in [7, 11) is -3.53. The van der Waals surface area contributed by atoms with Gasteiger partial charge in [-0.05, 0) is 55.0 Å². The Morgan fingerprint density at radius 2 is 1.67 bits per heavy atom. The molecule has 0 saturated heterocycles. The van der Waals surface area contributed by atoms with E-state index in [4.69, 9.17) is 14.2 Å². The van der Waals surface area contributed by atoms with Crippen LogP contribution in [0.3, 0.4) is 0 Å². The van der Waals surface area contributed by atoms with Gasteiger partial charge in [0.2, 0.25) is 22.7 Å². The van der Waals surface area contributed by atoms with Crippen LogP contribution in [0.1, 0.15) is 12.8 Å². The molecule has 3 aromatic rings. The average Bonchev–Trinajstić information content (AvgIpc) is 3.26. The van der Waals surface area contributed by atoms with Crippen LogP contribution in [0, 0.1) is 0 Å². The molecule has 9 heteroatoms. The van der Waals surface area contributed by atoms with Gasteiger partial charge in [-0.3, -0.25) is 9.10 Å². The number of anilines is 2. The molecular weight excluding hydrogens is 444 g/mol. The molecule has 3 aromatic carbocycles. The van der Waals surface area contributed by atoms with Crippen LogP contribution in [0.25, 0.3) is 0 Å². The standard InChI is InChI=1S/C24H24N2O6S/c1-33(28,29)26(19-11-14-22-23(16-19)31-17-30-22)15-5-8-24(27)25-18-9-12-21(13-10-18)32-20-6-3-2-4-7-20/h2-4,6-7,9-14,16H,5,8,15,17H2,1H3,(H,25,27). The lowest BCUT2D eigenvalue weighted by Crippen LogP contribution is -2.31. The number of ether oxygens (including phenoxy) is 3. The summed E-state index contributed by atoms with van der Waals surface area (Å²) >= 11 is 0. The van der Waals surface area contributed by atoms with Gasteiger partial charge in [0.25, 0.3) is 0 Å². The summed E-state index contributed by atoms with van der Waals surface area (Å²) < 4.78 is 42.2. The number of carbonyl (C=O) groups excluding carboxylic acids is 1. The van der Waals surface area contributed by atoms with Crippen LogP contribution in [0.15, 0.2) is 72.8 Å². The minimum absolute atomic E-state index is 0.108. The summed E-state index contributed by atoms with van der Waals surface area (Å²) in [4.78, 5) is 12.4. The van der Waals surface area contributed by atoms with E-state index in [9.17, 15) is 13.2 Å². The van der Waals surface area contributed by atoms with Crippen molar-refractivity contribution in [3.8, 4) is 23.0 Å². The molecule has 0 bridgehead atoms. The largest absolute Gasteiger partial charge is 0.457 e. The molecule has 0 fully saturated rings. The molecule has 1 amide bonds. The first-order chi connectivity index (χ1) is 15.9. The van der Waals surface area contributed by atoms with E-state index in [-0.39, 0.29) is 25.7 Å². The lowest BCUT2D eigenvalue weighted by Gasteiger charge is -2.22. The van der Waals surface area contributed by atoms with E-state index in [0.29, 0.717) is 35.0 Å². The summed E-state index contributed by atoms with van der Waals surface area (Å²) in [6, 6.07) is 21.4. The lowest BCUT2D eigenvalue weighted by atomic mass is 10.2. The molecule has 1 aliphatic heterocycles. The van der Waals surface area contributed by atoms with Crippen molar-refractivity contribution in [1.82, 2.24) is 0 Å². The molecule has 1 aliphatic rings. The third-order valence-corrected chi connectivity index (χ3v) is 6.12. The number of benzene rings is 3. The SMILES string of the molecule is CS(=O)(=O)N(CCCC(=O)Nc1ccc(Oc2ccccc2)cc1)c1ccc2c(c1)OCO2. The Hall–Kier alpha value is -3.72. The fraction of sp³-hybridized carbons (Fsp3) is 0.208. The van der Waals surface area contributed by atoms with Crippen molar-refractivity contribution < 1.29 is 27.4 Å². The molecule has 8 nitrogen and oxygen atoms in total. The fourth-order valence-electron chi connectivity index (χ4n) is 3.36. The predicted molar refractivity (Wildman–Crippen MR) is 126 cm³/mol. The number of amides is 1. The Bertz CT molecular complexity index is 1210. The predicted octanol–water partition coefficient (Wildman–Crippen LogP) is 4.39. The Morgan fingerprint density at radius 1 is 0.970 bits per heavy atom. The highest BCUT2D eigenvalue weighted by Gasteiger charge is 2.21. The number of sulfonamides is 1. The second-order valence-electron chi connectivity index (χ2n) is 7.46. The van der Waals surface area contributed by atoms with Gasteiger partial charge in [0.15, 0.2) is 11.5 Å². The Balaban J connectivity index is 1.30. The summed E-state index contributed by atoms with van der Waals surface area (Å²) in [5, 5.41) is 2.82. The molecule has 0 atom stereocenters. The number of hydrogen-bond donors (Lipinski definition) is 1. The van der Waals surface area contributed by atoms with Crippen molar-refractivity contribution in [2.45, 2.75) is 12.8 Å². The van der Waals surface area contributed by atoms with E-state index >= 15 is 0 Å². The van der Waals surface area contributed by atoms with E-state index in [0.717, 1.165) is 12.0 Å². The third-order valence-electron chi connectivity index (χ3n) is 4.93. The summed E-state index contributed by atoms with van der Waals surface area (Å²) in [5.74, 6) is 2.26. The van der Waals surface area contributed by atoms with Crippen LogP contribution in [-0.2, 0) is 14.8 Å². The van der Waals surface area contributed by atoms with Crippen molar-refractivity contribution >= 4 is 27.3 Å². The van der Waals surface area contributed by atoms with Crippen molar-refractivity contribution in [2.75, 3.05) is 29.2 Å². The van der Waals surface area contributed by atoms with Gasteiger partial charge < -0.3 is 19.5 Å². The van der Waals surface area contributed by atoms with E-state index in [1.54, 1.807) is 42.5 Å². The van der Waals surface area contributed by atoms with Gasteiger partial charge in [-0.15, -0.1) is 0 Å². The minimum Gasteiger partial charge on any atom is -0.457 e. The van der Waals surface area contributed by atoms with Crippen LogP contribution >= 0.6 is 0 Å². The Kier molecular flexibility index (Phi) is 6.69. The van der Waals surface area contributed by atoms with Crippen LogP contribution in [0.4, 0.5) is 11.4 Å². The number of carbonyl (C=O) groups is 1. The van der Waals surface area contributed by atoms with Gasteiger partial charge >= 0.3 is 0 Å². The number of rotatable bonds is 9. The number of nitrogens with one attached hydrogen (secondary N) is 1. The van der Waals surface area contributed by atoms with Crippen molar-refractivity contribution in [3.63, 3.8) is 0 Å².